The summed E-state index contributed by atoms with van der Waals surface area (Å²) in [6, 6.07) is 1.89. The molecule has 4 rings (SSSR count). The summed E-state index contributed by atoms with van der Waals surface area (Å²) in [6.07, 6.45) is 1.99. The molecule has 0 spiro atoms. The Kier molecular flexibility index (Phi) is 3.18. The maximum absolute atomic E-state index is 9.54. The van der Waals surface area contributed by atoms with Gasteiger partial charge in [0.1, 0.15) is 24.0 Å². The third kappa shape index (κ3) is 2.12. The van der Waals surface area contributed by atoms with E-state index < -0.39 is 18.1 Å². The van der Waals surface area contributed by atoms with E-state index in [-0.39, 0.29) is 24.1 Å². The Morgan fingerprint density at radius 3 is 2.91 bits per heavy atom. The summed E-state index contributed by atoms with van der Waals surface area (Å²) in [5, 5.41) is 10.6. The van der Waals surface area contributed by atoms with Gasteiger partial charge < -0.3 is 23.9 Å². The Hall–Kier alpha value is -1.25. The van der Waals surface area contributed by atoms with Gasteiger partial charge in [0.15, 0.2) is 12.0 Å². The zero-order chi connectivity index (χ0) is 15.5. The number of fused-ring (bicyclic) bond motifs is 2. The molecule has 2 aromatic heterocycles. The number of aromatic nitrogens is 3. The summed E-state index contributed by atoms with van der Waals surface area (Å²) >= 11 is 5.89. The molecule has 0 saturated carbocycles. The molecule has 2 aromatic rings. The zero-order valence-corrected chi connectivity index (χ0v) is 12.9. The molecule has 4 atom stereocenters. The van der Waals surface area contributed by atoms with E-state index in [9.17, 15) is 5.11 Å². The lowest BCUT2D eigenvalue weighted by molar-refractivity contribution is -0.199. The summed E-state index contributed by atoms with van der Waals surface area (Å²) in [6.45, 7) is 3.57. The molecule has 4 heterocycles. The van der Waals surface area contributed by atoms with Crippen LogP contribution in [0.5, 0.6) is 0 Å². The van der Waals surface area contributed by atoms with Gasteiger partial charge in [-0.1, -0.05) is 0 Å². The van der Waals surface area contributed by atoms with Crippen LogP contribution < -0.4 is 0 Å². The van der Waals surface area contributed by atoms with Crippen molar-refractivity contribution in [1.29, 1.82) is 0 Å². The lowest BCUT2D eigenvalue weighted by atomic mass is 10.1. The number of ether oxygens (including phenoxy) is 3. The second-order valence-corrected chi connectivity index (χ2v) is 6.29. The van der Waals surface area contributed by atoms with Gasteiger partial charge in [0.25, 0.3) is 0 Å². The van der Waals surface area contributed by atoms with Crippen molar-refractivity contribution in [1.82, 2.24) is 14.5 Å². The third-order valence-electron chi connectivity index (χ3n) is 4.01. The first kappa shape index (κ1) is 14.3. The standard InChI is InChI=1S/C14H16ClN3O4/c1-14(2)21-9-8(6-19)20-12(10(9)22-14)18-4-3-7-5-16-13(15)17-11(7)18/h3-5,8-10,12,19H,6H2,1-2H3/t8-,9-,10-,12-/m1/s1. The first-order valence-electron chi connectivity index (χ1n) is 7.09. The van der Waals surface area contributed by atoms with Crippen LogP contribution in [0.2, 0.25) is 5.28 Å². The van der Waals surface area contributed by atoms with E-state index in [2.05, 4.69) is 9.97 Å². The minimum absolute atomic E-state index is 0.133. The van der Waals surface area contributed by atoms with Crippen molar-refractivity contribution in [3.63, 3.8) is 0 Å². The van der Waals surface area contributed by atoms with Gasteiger partial charge >= 0.3 is 0 Å². The van der Waals surface area contributed by atoms with E-state index in [1.807, 2.05) is 30.7 Å². The van der Waals surface area contributed by atoms with Gasteiger partial charge in [-0.25, -0.2) is 4.98 Å². The number of halogens is 1. The van der Waals surface area contributed by atoms with Crippen LogP contribution >= 0.6 is 11.6 Å². The Bertz CT molecular complexity index is 719. The molecular formula is C14H16ClN3O4. The average molecular weight is 326 g/mol. The van der Waals surface area contributed by atoms with Crippen molar-refractivity contribution < 1.29 is 19.3 Å². The molecule has 8 heteroatoms. The molecule has 0 unspecified atom stereocenters. The number of rotatable bonds is 2. The number of hydrogen-bond acceptors (Lipinski definition) is 6. The highest BCUT2D eigenvalue weighted by atomic mass is 35.5. The van der Waals surface area contributed by atoms with Gasteiger partial charge in [-0.05, 0) is 31.5 Å². The molecule has 0 aliphatic carbocycles. The van der Waals surface area contributed by atoms with Crippen LogP contribution in [0.4, 0.5) is 0 Å². The fourth-order valence-electron chi connectivity index (χ4n) is 3.15. The van der Waals surface area contributed by atoms with Crippen LogP contribution in [-0.2, 0) is 14.2 Å². The summed E-state index contributed by atoms with van der Waals surface area (Å²) < 4.78 is 19.6. The molecule has 0 radical (unpaired) electrons. The van der Waals surface area contributed by atoms with Crippen molar-refractivity contribution in [3.8, 4) is 0 Å². The SMILES string of the molecule is CC1(C)O[C@@H]2[C@H](O1)[C@@H](CO)O[C@H]2n1ccc2cnc(Cl)nc21. The maximum atomic E-state index is 9.54. The number of nitrogens with zero attached hydrogens (tertiary/aromatic N) is 3. The van der Waals surface area contributed by atoms with E-state index in [0.717, 1.165) is 5.39 Å². The summed E-state index contributed by atoms with van der Waals surface area (Å²) in [4.78, 5) is 8.23. The van der Waals surface area contributed by atoms with Crippen LogP contribution in [0.25, 0.3) is 11.0 Å². The largest absolute Gasteiger partial charge is 0.394 e. The highest BCUT2D eigenvalue weighted by Crippen LogP contribution is 2.43. The molecular weight excluding hydrogens is 310 g/mol. The number of hydrogen-bond donors (Lipinski definition) is 1. The molecule has 1 N–H and O–H groups in total. The van der Waals surface area contributed by atoms with Crippen molar-refractivity contribution in [3.05, 3.63) is 23.7 Å². The van der Waals surface area contributed by atoms with Gasteiger partial charge in [0.2, 0.25) is 5.28 Å². The lowest BCUT2D eigenvalue weighted by Gasteiger charge is -2.24. The first-order valence-corrected chi connectivity index (χ1v) is 7.47. The van der Waals surface area contributed by atoms with Gasteiger partial charge in [-0.15, -0.1) is 0 Å². The van der Waals surface area contributed by atoms with Crippen LogP contribution in [-0.4, -0.2) is 50.3 Å². The highest BCUT2D eigenvalue weighted by molar-refractivity contribution is 6.28. The number of aliphatic hydroxyl groups is 1. The van der Waals surface area contributed by atoms with Gasteiger partial charge in [0, 0.05) is 17.8 Å². The van der Waals surface area contributed by atoms with Crippen molar-refractivity contribution in [2.45, 2.75) is 44.2 Å². The normalized spacial score (nSPS) is 33.5. The topological polar surface area (TPSA) is 78.6 Å². The molecule has 22 heavy (non-hydrogen) atoms. The zero-order valence-electron chi connectivity index (χ0n) is 12.1. The second kappa shape index (κ2) is 4.87. The highest BCUT2D eigenvalue weighted by Gasteiger charge is 2.55. The average Bonchev–Trinajstić information content (AvgIpc) is 3.09. The molecule has 2 aliphatic rings. The van der Waals surface area contributed by atoms with Crippen molar-refractivity contribution in [2.75, 3.05) is 6.61 Å². The van der Waals surface area contributed by atoms with Crippen LogP contribution in [0, 0.1) is 0 Å². The van der Waals surface area contributed by atoms with Crippen LogP contribution in [0.1, 0.15) is 20.1 Å². The third-order valence-corrected chi connectivity index (χ3v) is 4.19. The molecule has 2 saturated heterocycles. The number of aliphatic hydroxyl groups excluding tert-OH is 1. The van der Waals surface area contributed by atoms with E-state index in [1.54, 1.807) is 6.20 Å². The lowest BCUT2D eigenvalue weighted by Crippen LogP contribution is -2.31. The monoisotopic (exact) mass is 325 g/mol. The Balaban J connectivity index is 1.76. The summed E-state index contributed by atoms with van der Waals surface area (Å²) in [5.41, 5.74) is 0.663. The fraction of sp³-hybridized carbons (Fsp3) is 0.571. The predicted molar refractivity (Wildman–Crippen MR) is 77.4 cm³/mol. The fourth-order valence-corrected chi connectivity index (χ4v) is 3.28. The molecule has 2 aliphatic heterocycles. The smallest absolute Gasteiger partial charge is 0.224 e. The van der Waals surface area contributed by atoms with Gasteiger partial charge in [-0.2, -0.15) is 4.98 Å². The Morgan fingerprint density at radius 2 is 2.14 bits per heavy atom. The quantitative estimate of drug-likeness (QED) is 0.843. The van der Waals surface area contributed by atoms with Crippen LogP contribution in [0.3, 0.4) is 0 Å². The maximum Gasteiger partial charge on any atom is 0.224 e. The van der Waals surface area contributed by atoms with Crippen molar-refractivity contribution >= 4 is 22.6 Å². The van der Waals surface area contributed by atoms with E-state index in [1.165, 1.54) is 0 Å². The van der Waals surface area contributed by atoms with Gasteiger partial charge in [0.05, 0.1) is 6.61 Å². The minimum Gasteiger partial charge on any atom is -0.394 e. The Morgan fingerprint density at radius 1 is 1.36 bits per heavy atom. The molecule has 7 nitrogen and oxygen atoms in total. The molecule has 0 aromatic carbocycles. The van der Waals surface area contributed by atoms with Crippen molar-refractivity contribution in [2.24, 2.45) is 0 Å². The van der Waals surface area contributed by atoms with Gasteiger partial charge in [-0.3, -0.25) is 0 Å². The molecule has 118 valence electrons. The van der Waals surface area contributed by atoms with E-state index in [4.69, 9.17) is 25.8 Å². The van der Waals surface area contributed by atoms with E-state index in [0.29, 0.717) is 5.65 Å². The molecule has 0 amide bonds. The Labute approximate surface area is 131 Å². The summed E-state index contributed by atoms with van der Waals surface area (Å²) in [5.74, 6) is -0.708. The summed E-state index contributed by atoms with van der Waals surface area (Å²) in [7, 11) is 0. The second-order valence-electron chi connectivity index (χ2n) is 5.95. The molecule has 0 bridgehead atoms. The first-order chi connectivity index (χ1) is 10.5. The minimum atomic E-state index is -0.708. The predicted octanol–water partition coefficient (Wildman–Crippen LogP) is 1.49. The molecule has 2 fully saturated rings. The van der Waals surface area contributed by atoms with E-state index >= 15 is 0 Å². The van der Waals surface area contributed by atoms with Crippen LogP contribution in [0.15, 0.2) is 18.5 Å².